The average molecular weight is 226 g/mol. The van der Waals surface area contributed by atoms with Crippen LogP contribution in [0.1, 0.15) is 15.9 Å². The summed E-state index contributed by atoms with van der Waals surface area (Å²) in [5.74, 6) is 0.0149. The Labute approximate surface area is 90.2 Å². The van der Waals surface area contributed by atoms with Gasteiger partial charge in [-0.1, -0.05) is 0 Å². The van der Waals surface area contributed by atoms with Crippen molar-refractivity contribution in [3.63, 3.8) is 0 Å². The van der Waals surface area contributed by atoms with Crippen LogP contribution < -0.4 is 4.43 Å². The van der Waals surface area contributed by atoms with Gasteiger partial charge in [0.15, 0.2) is 6.29 Å². The van der Waals surface area contributed by atoms with Crippen LogP contribution in [0.3, 0.4) is 0 Å². The maximum Gasteiger partial charge on any atom is 0.242 e. The number of halogens is 1. The van der Waals surface area contributed by atoms with Crippen LogP contribution in [0.4, 0.5) is 4.39 Å². The Bertz CT molecular complexity index is 383. The first-order valence-electron chi connectivity index (χ1n) is 4.78. The first-order chi connectivity index (χ1) is 6.83. The molecule has 0 saturated heterocycles. The minimum absolute atomic E-state index is 0.339. The van der Waals surface area contributed by atoms with Gasteiger partial charge < -0.3 is 4.43 Å². The fourth-order valence-corrected chi connectivity index (χ4v) is 2.03. The smallest absolute Gasteiger partial charge is 0.242 e. The number of rotatable bonds is 3. The van der Waals surface area contributed by atoms with Crippen molar-refractivity contribution in [3.8, 4) is 5.75 Å². The Hall–Kier alpha value is -1.16. The highest BCUT2D eigenvalue weighted by atomic mass is 28.4. The normalized spacial score (nSPS) is 11.3. The van der Waals surface area contributed by atoms with Gasteiger partial charge in [0.2, 0.25) is 8.32 Å². The molecule has 0 aliphatic heterocycles. The molecule has 0 radical (unpaired) electrons. The number of aldehydes is 1. The predicted molar refractivity (Wildman–Crippen MR) is 60.5 cm³/mol. The molecule has 1 aromatic carbocycles. The van der Waals surface area contributed by atoms with Gasteiger partial charge >= 0.3 is 0 Å². The van der Waals surface area contributed by atoms with Crippen molar-refractivity contribution in [1.29, 1.82) is 0 Å². The molecule has 0 saturated carbocycles. The number of carbonyl (C=O) groups excluding carboxylic acids is 1. The molecule has 0 unspecified atom stereocenters. The van der Waals surface area contributed by atoms with E-state index in [2.05, 4.69) is 0 Å². The zero-order chi connectivity index (χ0) is 11.6. The number of aryl methyl sites for hydroxylation is 1. The summed E-state index contributed by atoms with van der Waals surface area (Å²) in [4.78, 5) is 10.8. The van der Waals surface area contributed by atoms with Crippen LogP contribution >= 0.6 is 0 Å². The molecule has 0 atom stereocenters. The minimum Gasteiger partial charge on any atom is -0.544 e. The summed E-state index contributed by atoms with van der Waals surface area (Å²) in [5, 5.41) is 0. The van der Waals surface area contributed by atoms with Crippen molar-refractivity contribution in [2.24, 2.45) is 0 Å². The van der Waals surface area contributed by atoms with Crippen molar-refractivity contribution in [3.05, 3.63) is 29.1 Å². The monoisotopic (exact) mass is 226 g/mol. The maximum absolute atomic E-state index is 13.3. The predicted octanol–water partition coefficient (Wildman–Crippen LogP) is 3.16. The largest absolute Gasteiger partial charge is 0.544 e. The van der Waals surface area contributed by atoms with Gasteiger partial charge in [-0.2, -0.15) is 0 Å². The second-order valence-corrected chi connectivity index (χ2v) is 8.90. The van der Waals surface area contributed by atoms with Crippen molar-refractivity contribution >= 4 is 14.6 Å². The van der Waals surface area contributed by atoms with Gasteiger partial charge in [-0.3, -0.25) is 4.79 Å². The van der Waals surface area contributed by atoms with E-state index in [9.17, 15) is 9.18 Å². The summed E-state index contributed by atoms with van der Waals surface area (Å²) in [5.41, 5.74) is 0.872. The standard InChI is InChI=1S/C11H15FO2Si/c1-8-5-9(7-13)11(6-10(8)12)14-15(2,3)4/h5-7H,1-4H3. The van der Waals surface area contributed by atoms with Crippen molar-refractivity contribution in [2.75, 3.05) is 0 Å². The maximum atomic E-state index is 13.3. The van der Waals surface area contributed by atoms with Crippen LogP contribution in [0, 0.1) is 12.7 Å². The molecule has 0 heterocycles. The van der Waals surface area contributed by atoms with E-state index < -0.39 is 8.32 Å². The summed E-state index contributed by atoms with van der Waals surface area (Å²) >= 11 is 0. The molecule has 82 valence electrons. The Morgan fingerprint density at radius 2 is 1.93 bits per heavy atom. The summed E-state index contributed by atoms with van der Waals surface area (Å²) < 4.78 is 18.9. The van der Waals surface area contributed by atoms with Gasteiger partial charge in [0.05, 0.1) is 5.56 Å². The Morgan fingerprint density at radius 1 is 1.33 bits per heavy atom. The third kappa shape index (κ3) is 3.16. The second-order valence-electron chi connectivity index (χ2n) is 4.47. The number of carbonyl (C=O) groups is 1. The Balaban J connectivity index is 3.16. The number of benzene rings is 1. The quantitative estimate of drug-likeness (QED) is 0.584. The summed E-state index contributed by atoms with van der Waals surface area (Å²) in [6, 6.07) is 2.80. The molecule has 0 bridgehead atoms. The molecule has 0 aromatic heterocycles. The van der Waals surface area contributed by atoms with Crippen LogP contribution in [0.15, 0.2) is 12.1 Å². The molecule has 0 fully saturated rings. The van der Waals surface area contributed by atoms with Crippen LogP contribution in [0.25, 0.3) is 0 Å². The van der Waals surface area contributed by atoms with Crippen molar-refractivity contribution < 1.29 is 13.6 Å². The molecule has 4 heteroatoms. The van der Waals surface area contributed by atoms with E-state index in [0.29, 0.717) is 23.2 Å². The van der Waals surface area contributed by atoms with E-state index in [-0.39, 0.29) is 5.82 Å². The Kier molecular flexibility index (Phi) is 3.29. The first kappa shape index (κ1) is 11.9. The second kappa shape index (κ2) is 4.14. The van der Waals surface area contributed by atoms with E-state index in [4.69, 9.17) is 4.43 Å². The lowest BCUT2D eigenvalue weighted by Gasteiger charge is -2.20. The highest BCUT2D eigenvalue weighted by Gasteiger charge is 2.19. The molecule has 1 aromatic rings. The molecular formula is C11H15FO2Si. The lowest BCUT2D eigenvalue weighted by molar-refractivity contribution is 0.112. The third-order valence-corrected chi connectivity index (χ3v) is 2.67. The fourth-order valence-electron chi connectivity index (χ4n) is 1.20. The number of hydrogen-bond acceptors (Lipinski definition) is 2. The van der Waals surface area contributed by atoms with Crippen LogP contribution in [0.5, 0.6) is 5.75 Å². The van der Waals surface area contributed by atoms with E-state index >= 15 is 0 Å². The van der Waals surface area contributed by atoms with E-state index in [1.807, 2.05) is 19.6 Å². The lowest BCUT2D eigenvalue weighted by Crippen LogP contribution is -2.29. The van der Waals surface area contributed by atoms with Crippen LogP contribution in [-0.4, -0.2) is 14.6 Å². The molecular weight excluding hydrogens is 211 g/mol. The van der Waals surface area contributed by atoms with Gasteiger partial charge in [-0.25, -0.2) is 4.39 Å². The van der Waals surface area contributed by atoms with Crippen LogP contribution in [0.2, 0.25) is 19.6 Å². The van der Waals surface area contributed by atoms with Gasteiger partial charge in [-0.15, -0.1) is 0 Å². The molecule has 1 rings (SSSR count). The third-order valence-electron chi connectivity index (χ3n) is 1.83. The van der Waals surface area contributed by atoms with Crippen molar-refractivity contribution in [2.45, 2.75) is 26.6 Å². The van der Waals surface area contributed by atoms with Crippen LogP contribution in [-0.2, 0) is 0 Å². The fraction of sp³-hybridized carbons (Fsp3) is 0.364. The Morgan fingerprint density at radius 3 is 2.40 bits per heavy atom. The highest BCUT2D eigenvalue weighted by Crippen LogP contribution is 2.24. The van der Waals surface area contributed by atoms with E-state index in [1.54, 1.807) is 6.92 Å². The van der Waals surface area contributed by atoms with E-state index in [1.165, 1.54) is 12.1 Å². The topological polar surface area (TPSA) is 26.3 Å². The summed E-state index contributed by atoms with van der Waals surface area (Å²) in [6.07, 6.45) is 0.696. The highest BCUT2D eigenvalue weighted by molar-refractivity contribution is 6.70. The lowest BCUT2D eigenvalue weighted by atomic mass is 10.1. The van der Waals surface area contributed by atoms with Gasteiger partial charge in [0.25, 0.3) is 0 Å². The zero-order valence-electron chi connectivity index (χ0n) is 9.43. The molecule has 15 heavy (non-hydrogen) atoms. The summed E-state index contributed by atoms with van der Waals surface area (Å²) in [7, 11) is -1.81. The molecule has 0 aliphatic rings. The van der Waals surface area contributed by atoms with Gasteiger partial charge in [0, 0.05) is 6.07 Å². The average Bonchev–Trinajstić information content (AvgIpc) is 2.08. The number of hydrogen-bond donors (Lipinski definition) is 0. The molecule has 0 amide bonds. The molecule has 2 nitrogen and oxygen atoms in total. The van der Waals surface area contributed by atoms with Gasteiger partial charge in [-0.05, 0) is 38.2 Å². The SMILES string of the molecule is Cc1cc(C=O)c(O[Si](C)(C)C)cc1F. The van der Waals surface area contributed by atoms with Crippen molar-refractivity contribution in [1.82, 2.24) is 0 Å². The minimum atomic E-state index is -1.81. The first-order valence-corrected chi connectivity index (χ1v) is 8.18. The van der Waals surface area contributed by atoms with E-state index in [0.717, 1.165) is 0 Å². The van der Waals surface area contributed by atoms with Gasteiger partial charge in [0.1, 0.15) is 11.6 Å². The molecule has 0 spiro atoms. The summed E-state index contributed by atoms with van der Waals surface area (Å²) in [6.45, 7) is 7.58. The zero-order valence-corrected chi connectivity index (χ0v) is 10.4. The molecule has 0 N–H and O–H groups in total. The molecule has 0 aliphatic carbocycles.